The average molecular weight is 320 g/mol. The Kier molecular flexibility index (Phi) is 4.69. The fourth-order valence-corrected chi connectivity index (χ4v) is 3.32. The first-order valence-corrected chi connectivity index (χ1v) is 8.34. The van der Waals surface area contributed by atoms with Gasteiger partial charge in [0.2, 0.25) is 5.91 Å². The lowest BCUT2D eigenvalue weighted by molar-refractivity contribution is -0.123. The predicted octanol–water partition coefficient (Wildman–Crippen LogP) is 2.16. The van der Waals surface area contributed by atoms with Gasteiger partial charge >= 0.3 is 0 Å². The third-order valence-corrected chi connectivity index (χ3v) is 4.99. The molecular weight excluding hydrogens is 295 g/mol. The van der Waals surface area contributed by atoms with Crippen molar-refractivity contribution >= 4 is 5.91 Å². The van der Waals surface area contributed by atoms with Gasteiger partial charge in [0.15, 0.2) is 0 Å². The zero-order valence-corrected chi connectivity index (χ0v) is 13.8. The average Bonchev–Trinajstić information content (AvgIpc) is 3.34. The summed E-state index contributed by atoms with van der Waals surface area (Å²) in [5.41, 5.74) is 0.571. The van der Waals surface area contributed by atoms with Crippen LogP contribution in [0.15, 0.2) is 24.3 Å². The van der Waals surface area contributed by atoms with E-state index in [1.54, 1.807) is 12.1 Å². The highest BCUT2D eigenvalue weighted by Gasteiger charge is 2.45. The molecule has 1 saturated carbocycles. The van der Waals surface area contributed by atoms with Crippen LogP contribution in [0.4, 0.5) is 4.39 Å². The van der Waals surface area contributed by atoms with E-state index >= 15 is 0 Å². The number of benzene rings is 1. The molecule has 1 N–H and O–H groups in total. The fraction of sp³-hybridized carbons (Fsp3) is 0.611. The van der Waals surface area contributed by atoms with Gasteiger partial charge in [0.25, 0.3) is 0 Å². The van der Waals surface area contributed by atoms with Gasteiger partial charge in [-0.15, -0.1) is 0 Å². The van der Waals surface area contributed by atoms with Gasteiger partial charge < -0.3 is 10.1 Å². The molecule has 0 spiro atoms. The van der Waals surface area contributed by atoms with E-state index in [-0.39, 0.29) is 29.1 Å². The smallest absolute Gasteiger partial charge is 0.223 e. The van der Waals surface area contributed by atoms with Crippen LogP contribution in [0.25, 0.3) is 0 Å². The maximum atomic E-state index is 13.8. The molecule has 23 heavy (non-hydrogen) atoms. The summed E-state index contributed by atoms with van der Waals surface area (Å²) < 4.78 is 19.2. The minimum Gasteiger partial charge on any atom is -0.379 e. The monoisotopic (exact) mass is 320 g/mol. The molecular formula is C18H25FN2O2. The number of nitrogens with one attached hydrogen (secondary N) is 1. The van der Waals surface area contributed by atoms with Crippen molar-refractivity contribution in [1.82, 2.24) is 10.2 Å². The molecule has 1 aromatic rings. The second-order valence-electron chi connectivity index (χ2n) is 7.10. The summed E-state index contributed by atoms with van der Waals surface area (Å²) in [5, 5.41) is 3.06. The Bertz CT molecular complexity index is 570. The molecule has 1 heterocycles. The van der Waals surface area contributed by atoms with Crippen molar-refractivity contribution in [2.24, 2.45) is 5.92 Å². The molecule has 1 saturated heterocycles. The lowest BCUT2D eigenvalue weighted by atomic mass is 10.0. The van der Waals surface area contributed by atoms with Crippen LogP contribution in [0, 0.1) is 11.7 Å². The molecule has 2 aliphatic rings. The van der Waals surface area contributed by atoms with E-state index in [1.807, 2.05) is 6.07 Å². The van der Waals surface area contributed by atoms with Crippen LogP contribution in [-0.4, -0.2) is 49.2 Å². The van der Waals surface area contributed by atoms with Crippen LogP contribution in [0.2, 0.25) is 0 Å². The lowest BCUT2D eigenvalue weighted by Gasteiger charge is -2.40. The first-order chi connectivity index (χ1) is 11.0. The Morgan fingerprint density at radius 3 is 2.74 bits per heavy atom. The number of halogens is 1. The van der Waals surface area contributed by atoms with E-state index in [4.69, 9.17) is 4.74 Å². The van der Waals surface area contributed by atoms with Crippen molar-refractivity contribution in [2.45, 2.75) is 31.7 Å². The third-order valence-electron chi connectivity index (χ3n) is 4.99. The standard InChI is InChI=1S/C18H25FN2O2/c1-18(2,21-7-9-23-10-8-21)12-20-17(22)15-11-14(15)13-5-3-4-6-16(13)19/h3-6,14-15H,7-12H2,1-2H3,(H,20,22). The number of amides is 1. The number of ether oxygens (including phenoxy) is 1. The molecule has 1 aliphatic carbocycles. The Balaban J connectivity index is 1.51. The summed E-state index contributed by atoms with van der Waals surface area (Å²) in [5.74, 6) is -0.226. The highest BCUT2D eigenvalue weighted by Crippen LogP contribution is 2.48. The number of carbonyl (C=O) groups excluding carboxylic acids is 1. The van der Waals surface area contributed by atoms with Crippen LogP contribution >= 0.6 is 0 Å². The first kappa shape index (κ1) is 16.4. The van der Waals surface area contributed by atoms with Gasteiger partial charge in [-0.3, -0.25) is 9.69 Å². The Morgan fingerprint density at radius 1 is 1.35 bits per heavy atom. The number of hydrogen-bond acceptors (Lipinski definition) is 3. The molecule has 0 bridgehead atoms. The van der Waals surface area contributed by atoms with Gasteiger partial charge in [0, 0.05) is 31.1 Å². The van der Waals surface area contributed by atoms with Gasteiger partial charge in [-0.1, -0.05) is 18.2 Å². The van der Waals surface area contributed by atoms with Gasteiger partial charge in [-0.2, -0.15) is 0 Å². The number of hydrogen-bond donors (Lipinski definition) is 1. The maximum Gasteiger partial charge on any atom is 0.223 e. The Labute approximate surface area is 137 Å². The molecule has 2 atom stereocenters. The molecule has 1 aliphatic heterocycles. The Hall–Kier alpha value is -1.46. The molecule has 5 heteroatoms. The molecule has 4 nitrogen and oxygen atoms in total. The summed E-state index contributed by atoms with van der Waals surface area (Å²) in [6, 6.07) is 6.75. The van der Waals surface area contributed by atoms with Gasteiger partial charge in [-0.05, 0) is 37.8 Å². The van der Waals surface area contributed by atoms with E-state index < -0.39 is 0 Å². The highest BCUT2D eigenvalue weighted by molar-refractivity contribution is 5.83. The zero-order valence-electron chi connectivity index (χ0n) is 13.8. The zero-order chi connectivity index (χ0) is 16.4. The summed E-state index contributed by atoms with van der Waals surface area (Å²) in [7, 11) is 0. The van der Waals surface area contributed by atoms with E-state index in [0.717, 1.165) is 32.7 Å². The van der Waals surface area contributed by atoms with Gasteiger partial charge in [0.05, 0.1) is 13.2 Å². The van der Waals surface area contributed by atoms with Crippen LogP contribution < -0.4 is 5.32 Å². The minimum absolute atomic E-state index is 0.0303. The van der Waals surface area contributed by atoms with Crippen molar-refractivity contribution in [3.05, 3.63) is 35.6 Å². The van der Waals surface area contributed by atoms with E-state index in [0.29, 0.717) is 12.1 Å². The second-order valence-corrected chi connectivity index (χ2v) is 7.10. The van der Waals surface area contributed by atoms with Crippen LogP contribution in [0.5, 0.6) is 0 Å². The van der Waals surface area contributed by atoms with Crippen molar-refractivity contribution in [3.8, 4) is 0 Å². The van der Waals surface area contributed by atoms with Gasteiger partial charge in [0.1, 0.15) is 5.82 Å². The second kappa shape index (κ2) is 6.57. The molecule has 1 amide bonds. The van der Waals surface area contributed by atoms with Crippen molar-refractivity contribution in [1.29, 1.82) is 0 Å². The van der Waals surface area contributed by atoms with Crippen molar-refractivity contribution in [3.63, 3.8) is 0 Å². The molecule has 0 aromatic heterocycles. The summed E-state index contributed by atoms with van der Waals surface area (Å²) in [6.45, 7) is 8.16. The Morgan fingerprint density at radius 2 is 2.04 bits per heavy atom. The van der Waals surface area contributed by atoms with E-state index in [9.17, 15) is 9.18 Å². The van der Waals surface area contributed by atoms with Crippen molar-refractivity contribution < 1.29 is 13.9 Å². The lowest BCUT2D eigenvalue weighted by Crippen LogP contribution is -2.55. The maximum absolute atomic E-state index is 13.8. The summed E-state index contributed by atoms with van der Waals surface area (Å²) in [6.07, 6.45) is 0.741. The fourth-order valence-electron chi connectivity index (χ4n) is 3.32. The SMILES string of the molecule is CC(C)(CNC(=O)C1CC1c1ccccc1F)N1CCOCC1. The topological polar surface area (TPSA) is 41.6 Å². The largest absolute Gasteiger partial charge is 0.379 e. The van der Waals surface area contributed by atoms with Crippen LogP contribution in [0.3, 0.4) is 0 Å². The van der Waals surface area contributed by atoms with E-state index in [1.165, 1.54) is 6.07 Å². The molecule has 2 fully saturated rings. The predicted molar refractivity (Wildman–Crippen MR) is 86.7 cm³/mol. The first-order valence-electron chi connectivity index (χ1n) is 8.34. The normalized spacial score (nSPS) is 25.2. The van der Waals surface area contributed by atoms with E-state index in [2.05, 4.69) is 24.1 Å². The van der Waals surface area contributed by atoms with Crippen LogP contribution in [0.1, 0.15) is 31.7 Å². The minimum atomic E-state index is -0.207. The van der Waals surface area contributed by atoms with Crippen LogP contribution in [-0.2, 0) is 9.53 Å². The quantitative estimate of drug-likeness (QED) is 0.904. The molecule has 0 radical (unpaired) electrons. The summed E-state index contributed by atoms with van der Waals surface area (Å²) >= 11 is 0. The highest BCUT2D eigenvalue weighted by atomic mass is 19.1. The molecule has 1 aromatic carbocycles. The van der Waals surface area contributed by atoms with Gasteiger partial charge in [-0.25, -0.2) is 4.39 Å². The molecule has 2 unspecified atom stereocenters. The number of rotatable bonds is 5. The summed E-state index contributed by atoms with van der Waals surface area (Å²) in [4.78, 5) is 14.7. The number of nitrogens with zero attached hydrogens (tertiary/aromatic N) is 1. The van der Waals surface area contributed by atoms with Crippen molar-refractivity contribution in [2.75, 3.05) is 32.8 Å². The molecule has 3 rings (SSSR count). The number of carbonyl (C=O) groups is 1. The molecule has 126 valence electrons. The third kappa shape index (κ3) is 3.72. The number of morpholine rings is 1.